The Morgan fingerprint density at radius 3 is 2.50 bits per heavy atom. The van der Waals surface area contributed by atoms with Crippen LogP contribution in [0.25, 0.3) is 0 Å². The lowest BCUT2D eigenvalue weighted by molar-refractivity contribution is 0.735. The van der Waals surface area contributed by atoms with Crippen molar-refractivity contribution in [2.75, 3.05) is 0 Å². The summed E-state index contributed by atoms with van der Waals surface area (Å²) in [5, 5.41) is 0.843. The van der Waals surface area contributed by atoms with E-state index < -0.39 is 0 Å². The van der Waals surface area contributed by atoms with E-state index in [4.69, 9.17) is 28.9 Å². The topological polar surface area (TPSA) is 38.9 Å². The summed E-state index contributed by atoms with van der Waals surface area (Å²) >= 11 is 11.5. The van der Waals surface area contributed by atoms with Gasteiger partial charge in [0, 0.05) is 11.1 Å². The molecule has 1 aromatic heterocycles. The number of rotatable bonds is 1. The predicted molar refractivity (Wildman–Crippen MR) is 49.4 cm³/mol. The van der Waals surface area contributed by atoms with Crippen LogP contribution in [0.2, 0.25) is 10.3 Å². The van der Waals surface area contributed by atoms with Gasteiger partial charge in [0.1, 0.15) is 10.3 Å². The quantitative estimate of drug-likeness (QED) is 0.711. The summed E-state index contributed by atoms with van der Waals surface area (Å²) in [6.07, 6.45) is 1.96. The zero-order chi connectivity index (χ0) is 8.77. The van der Waals surface area contributed by atoms with Gasteiger partial charge in [0.2, 0.25) is 0 Å². The van der Waals surface area contributed by atoms with Crippen molar-refractivity contribution in [3.8, 4) is 0 Å². The first-order valence-electron chi connectivity index (χ1n) is 3.73. The van der Waals surface area contributed by atoms with Crippen LogP contribution >= 0.6 is 23.2 Å². The second-order valence-corrected chi connectivity index (χ2v) is 3.87. The maximum absolute atomic E-state index is 5.95. The monoisotopic (exact) mass is 202 g/mol. The maximum Gasteiger partial charge on any atom is 0.135 e. The van der Waals surface area contributed by atoms with Crippen molar-refractivity contribution in [2.24, 2.45) is 5.73 Å². The van der Waals surface area contributed by atoms with Crippen molar-refractivity contribution in [3.63, 3.8) is 0 Å². The van der Waals surface area contributed by atoms with Crippen molar-refractivity contribution in [3.05, 3.63) is 28.0 Å². The van der Waals surface area contributed by atoms with E-state index in [-0.39, 0.29) is 5.54 Å². The number of nitrogens with two attached hydrogens (primary N) is 1. The molecular formula is C8H8Cl2N2. The minimum Gasteiger partial charge on any atom is -0.321 e. The van der Waals surface area contributed by atoms with Gasteiger partial charge < -0.3 is 5.73 Å². The van der Waals surface area contributed by atoms with Crippen LogP contribution in [-0.4, -0.2) is 4.98 Å². The van der Waals surface area contributed by atoms with Crippen molar-refractivity contribution < 1.29 is 0 Å². The number of hydrogen-bond acceptors (Lipinski definition) is 2. The highest BCUT2D eigenvalue weighted by Gasteiger charge is 2.41. The van der Waals surface area contributed by atoms with Gasteiger partial charge in [-0.05, 0) is 18.9 Å². The van der Waals surface area contributed by atoms with Gasteiger partial charge in [0.25, 0.3) is 0 Å². The Hall–Kier alpha value is -0.310. The largest absolute Gasteiger partial charge is 0.321 e. The van der Waals surface area contributed by atoms with Crippen LogP contribution in [0.5, 0.6) is 0 Å². The van der Waals surface area contributed by atoms with Gasteiger partial charge in [0.05, 0.1) is 0 Å². The first-order chi connectivity index (χ1) is 5.62. The number of halogens is 2. The Bertz CT molecular complexity index is 321. The molecule has 2 N–H and O–H groups in total. The third kappa shape index (κ3) is 1.30. The zero-order valence-corrected chi connectivity index (χ0v) is 7.86. The molecule has 64 valence electrons. The van der Waals surface area contributed by atoms with Crippen LogP contribution in [0.3, 0.4) is 0 Å². The molecule has 0 bridgehead atoms. The Morgan fingerprint density at radius 1 is 1.33 bits per heavy atom. The van der Waals surface area contributed by atoms with E-state index in [0.717, 1.165) is 18.4 Å². The fraction of sp³-hybridized carbons (Fsp3) is 0.375. The maximum atomic E-state index is 5.95. The lowest BCUT2D eigenvalue weighted by atomic mass is 10.1. The summed E-state index contributed by atoms with van der Waals surface area (Å²) in [6.45, 7) is 0. The molecule has 0 saturated heterocycles. The third-order valence-electron chi connectivity index (χ3n) is 2.14. The Kier molecular flexibility index (Phi) is 1.79. The molecule has 2 nitrogen and oxygen atoms in total. The van der Waals surface area contributed by atoms with Gasteiger partial charge in [-0.25, -0.2) is 4.98 Å². The second-order valence-electron chi connectivity index (χ2n) is 3.13. The molecular weight excluding hydrogens is 195 g/mol. The highest BCUT2D eigenvalue weighted by atomic mass is 35.5. The Labute approximate surface area is 80.7 Å². The third-order valence-corrected chi connectivity index (χ3v) is 2.64. The molecule has 0 unspecified atom stereocenters. The van der Waals surface area contributed by atoms with Crippen LogP contribution in [0.1, 0.15) is 18.4 Å². The highest BCUT2D eigenvalue weighted by molar-refractivity contribution is 6.32. The predicted octanol–water partition coefficient (Wildman–Crippen LogP) is 2.34. The summed E-state index contributed by atoms with van der Waals surface area (Å²) in [5.41, 5.74) is 6.63. The molecule has 0 aromatic carbocycles. The first kappa shape index (κ1) is 8.30. The molecule has 2 rings (SSSR count). The molecule has 0 aliphatic heterocycles. The molecule has 1 aromatic rings. The van der Waals surface area contributed by atoms with E-state index in [0.29, 0.717) is 10.3 Å². The average Bonchev–Trinajstić information content (AvgIpc) is 2.68. The van der Waals surface area contributed by atoms with Crippen LogP contribution < -0.4 is 5.73 Å². The lowest BCUT2D eigenvalue weighted by Crippen LogP contribution is -2.19. The minimum absolute atomic E-state index is 0.228. The van der Waals surface area contributed by atoms with Gasteiger partial charge in [-0.3, -0.25) is 0 Å². The summed E-state index contributed by atoms with van der Waals surface area (Å²) in [7, 11) is 0. The van der Waals surface area contributed by atoms with Crippen molar-refractivity contribution in [1.82, 2.24) is 4.98 Å². The number of pyridine rings is 1. The van der Waals surface area contributed by atoms with E-state index in [1.807, 2.05) is 6.07 Å². The normalized spacial score (nSPS) is 19.2. The highest BCUT2D eigenvalue weighted by Crippen LogP contribution is 2.45. The zero-order valence-electron chi connectivity index (χ0n) is 6.35. The second kappa shape index (κ2) is 2.59. The van der Waals surface area contributed by atoms with Gasteiger partial charge in [0.15, 0.2) is 0 Å². The summed E-state index contributed by atoms with van der Waals surface area (Å²) in [4.78, 5) is 3.93. The van der Waals surface area contributed by atoms with E-state index in [1.54, 1.807) is 6.07 Å². The number of nitrogens with zero attached hydrogens (tertiary/aromatic N) is 1. The van der Waals surface area contributed by atoms with E-state index in [2.05, 4.69) is 4.98 Å². The van der Waals surface area contributed by atoms with Crippen LogP contribution in [0, 0.1) is 0 Å². The molecule has 1 heterocycles. The first-order valence-corrected chi connectivity index (χ1v) is 4.49. The van der Waals surface area contributed by atoms with Crippen molar-refractivity contribution in [2.45, 2.75) is 18.4 Å². The van der Waals surface area contributed by atoms with Crippen LogP contribution in [-0.2, 0) is 5.54 Å². The SMILES string of the molecule is NC1(c2ccc(Cl)nc2Cl)CC1. The fourth-order valence-electron chi connectivity index (χ4n) is 1.19. The molecule has 1 fully saturated rings. The number of aromatic nitrogens is 1. The summed E-state index contributed by atoms with van der Waals surface area (Å²) in [5.74, 6) is 0. The minimum atomic E-state index is -0.228. The Morgan fingerprint density at radius 2 is 2.00 bits per heavy atom. The summed E-state index contributed by atoms with van der Waals surface area (Å²) in [6, 6.07) is 3.57. The molecule has 1 saturated carbocycles. The molecule has 0 amide bonds. The van der Waals surface area contributed by atoms with Gasteiger partial charge >= 0.3 is 0 Å². The van der Waals surface area contributed by atoms with Crippen LogP contribution in [0.15, 0.2) is 12.1 Å². The smallest absolute Gasteiger partial charge is 0.135 e. The van der Waals surface area contributed by atoms with Gasteiger partial charge in [-0.1, -0.05) is 29.3 Å². The van der Waals surface area contributed by atoms with Crippen molar-refractivity contribution in [1.29, 1.82) is 0 Å². The van der Waals surface area contributed by atoms with E-state index in [9.17, 15) is 0 Å². The van der Waals surface area contributed by atoms with Gasteiger partial charge in [-0.15, -0.1) is 0 Å². The number of hydrogen-bond donors (Lipinski definition) is 1. The van der Waals surface area contributed by atoms with Gasteiger partial charge in [-0.2, -0.15) is 0 Å². The molecule has 12 heavy (non-hydrogen) atoms. The van der Waals surface area contributed by atoms with E-state index >= 15 is 0 Å². The average molecular weight is 203 g/mol. The molecule has 0 spiro atoms. The van der Waals surface area contributed by atoms with Crippen molar-refractivity contribution >= 4 is 23.2 Å². The van der Waals surface area contributed by atoms with E-state index in [1.165, 1.54) is 0 Å². The van der Waals surface area contributed by atoms with Crippen LogP contribution in [0.4, 0.5) is 0 Å². The standard InChI is InChI=1S/C8H8Cl2N2/c9-6-2-1-5(7(10)12-6)8(11)3-4-8/h1-2H,3-4,11H2. The molecule has 0 radical (unpaired) electrons. The molecule has 1 aliphatic carbocycles. The fourth-order valence-corrected chi connectivity index (χ4v) is 1.72. The molecule has 4 heteroatoms. The summed E-state index contributed by atoms with van der Waals surface area (Å²) < 4.78 is 0. The lowest BCUT2D eigenvalue weighted by Gasteiger charge is -2.09. The Balaban J connectivity index is 2.45. The molecule has 0 atom stereocenters. The molecule has 1 aliphatic rings.